The zero-order valence-electron chi connectivity index (χ0n) is 7.69. The Kier molecular flexibility index (Phi) is 3.65. The summed E-state index contributed by atoms with van der Waals surface area (Å²) in [5.74, 6) is -0.402. The average molecular weight is 188 g/mol. The van der Waals surface area contributed by atoms with Crippen molar-refractivity contribution in [2.75, 3.05) is 19.8 Å². The van der Waals surface area contributed by atoms with Crippen molar-refractivity contribution in [2.24, 2.45) is 11.7 Å². The molecule has 3 unspecified atom stereocenters. The summed E-state index contributed by atoms with van der Waals surface area (Å²) in [6.07, 6.45) is 0. The quantitative estimate of drug-likeness (QED) is 0.501. The molecule has 1 saturated heterocycles. The third-order valence-corrected chi connectivity index (χ3v) is 2.12. The summed E-state index contributed by atoms with van der Waals surface area (Å²) >= 11 is 0. The van der Waals surface area contributed by atoms with Crippen LogP contribution in [0, 0.1) is 5.92 Å². The van der Waals surface area contributed by atoms with E-state index in [9.17, 15) is 4.79 Å². The maximum absolute atomic E-state index is 11.4. The number of nitrogens with two attached hydrogens (primary N) is 1. The Morgan fingerprint density at radius 1 is 1.77 bits per heavy atom. The van der Waals surface area contributed by atoms with E-state index >= 15 is 0 Å². The van der Waals surface area contributed by atoms with Crippen molar-refractivity contribution in [3.8, 4) is 0 Å². The Bertz CT molecular complexity index is 186. The van der Waals surface area contributed by atoms with E-state index in [0.29, 0.717) is 13.2 Å². The third kappa shape index (κ3) is 2.65. The predicted molar refractivity (Wildman–Crippen MR) is 47.0 cm³/mol. The molecule has 1 heterocycles. The monoisotopic (exact) mass is 188 g/mol. The zero-order chi connectivity index (χ0) is 9.84. The number of hydrogen-bond donors (Lipinski definition) is 3. The summed E-state index contributed by atoms with van der Waals surface area (Å²) in [6, 6.07) is -0.439. The van der Waals surface area contributed by atoms with E-state index in [0.717, 1.165) is 0 Å². The van der Waals surface area contributed by atoms with Gasteiger partial charge in [-0.2, -0.15) is 0 Å². The van der Waals surface area contributed by atoms with Gasteiger partial charge in [0, 0.05) is 12.1 Å². The molecular formula is C8H16N2O3. The van der Waals surface area contributed by atoms with Gasteiger partial charge in [-0.3, -0.25) is 4.79 Å². The first-order valence-corrected chi connectivity index (χ1v) is 4.39. The maximum atomic E-state index is 11.4. The fourth-order valence-electron chi connectivity index (χ4n) is 1.24. The van der Waals surface area contributed by atoms with Gasteiger partial charge in [-0.25, -0.2) is 0 Å². The van der Waals surface area contributed by atoms with E-state index in [4.69, 9.17) is 15.6 Å². The minimum atomic E-state index is -0.269. The average Bonchev–Trinajstić information content (AvgIpc) is 2.51. The van der Waals surface area contributed by atoms with Gasteiger partial charge >= 0.3 is 0 Å². The molecule has 1 rings (SSSR count). The van der Waals surface area contributed by atoms with Gasteiger partial charge in [-0.05, 0) is 6.92 Å². The molecule has 0 aromatic rings. The van der Waals surface area contributed by atoms with Crippen molar-refractivity contribution in [1.82, 2.24) is 5.32 Å². The fourth-order valence-corrected chi connectivity index (χ4v) is 1.24. The van der Waals surface area contributed by atoms with Crippen LogP contribution in [0.1, 0.15) is 6.92 Å². The number of ether oxygens (including phenoxy) is 1. The van der Waals surface area contributed by atoms with Crippen LogP contribution < -0.4 is 11.1 Å². The number of hydrogen-bond acceptors (Lipinski definition) is 4. The summed E-state index contributed by atoms with van der Waals surface area (Å²) in [5.41, 5.74) is 5.65. The van der Waals surface area contributed by atoms with Gasteiger partial charge in [0.05, 0.1) is 25.7 Å². The number of aliphatic hydroxyl groups excluding tert-OH is 1. The van der Waals surface area contributed by atoms with E-state index < -0.39 is 0 Å². The summed E-state index contributed by atoms with van der Waals surface area (Å²) in [6.45, 7) is 2.49. The highest BCUT2D eigenvalue weighted by atomic mass is 16.5. The normalized spacial score (nSPS) is 30.1. The molecule has 13 heavy (non-hydrogen) atoms. The van der Waals surface area contributed by atoms with Gasteiger partial charge in [0.15, 0.2) is 0 Å². The highest BCUT2D eigenvalue weighted by Crippen LogP contribution is 2.11. The lowest BCUT2D eigenvalue weighted by molar-refractivity contribution is -0.126. The van der Waals surface area contributed by atoms with Crippen molar-refractivity contribution >= 4 is 5.91 Å². The topological polar surface area (TPSA) is 84.6 Å². The summed E-state index contributed by atoms with van der Waals surface area (Å²) in [5, 5.41) is 11.4. The molecule has 1 fully saturated rings. The highest BCUT2D eigenvalue weighted by molar-refractivity contribution is 5.80. The van der Waals surface area contributed by atoms with E-state index in [-0.39, 0.29) is 30.5 Å². The molecule has 5 nitrogen and oxygen atoms in total. The first kappa shape index (κ1) is 10.4. The van der Waals surface area contributed by atoms with E-state index in [2.05, 4.69) is 5.32 Å². The number of amides is 1. The van der Waals surface area contributed by atoms with Gasteiger partial charge < -0.3 is 20.9 Å². The van der Waals surface area contributed by atoms with Gasteiger partial charge in [0.25, 0.3) is 0 Å². The molecule has 0 saturated carbocycles. The first-order chi connectivity index (χ1) is 6.15. The minimum Gasteiger partial charge on any atom is -0.394 e. The van der Waals surface area contributed by atoms with Crippen LogP contribution in [0.25, 0.3) is 0 Å². The lowest BCUT2D eigenvalue weighted by Crippen LogP contribution is -2.45. The van der Waals surface area contributed by atoms with Crippen molar-refractivity contribution in [2.45, 2.75) is 19.0 Å². The fraction of sp³-hybridized carbons (Fsp3) is 0.875. The van der Waals surface area contributed by atoms with Gasteiger partial charge in [0.2, 0.25) is 5.91 Å². The van der Waals surface area contributed by atoms with E-state index in [1.54, 1.807) is 6.92 Å². The summed E-state index contributed by atoms with van der Waals surface area (Å²) in [4.78, 5) is 11.4. The Morgan fingerprint density at radius 3 is 2.92 bits per heavy atom. The number of aliphatic hydroxyl groups is 1. The van der Waals surface area contributed by atoms with Crippen LogP contribution in [0.5, 0.6) is 0 Å². The molecule has 0 aromatic heterocycles. The summed E-state index contributed by atoms with van der Waals surface area (Å²) in [7, 11) is 0. The second kappa shape index (κ2) is 4.55. The molecule has 1 aliphatic heterocycles. The summed E-state index contributed by atoms with van der Waals surface area (Å²) < 4.78 is 5.06. The molecular weight excluding hydrogens is 172 g/mol. The molecule has 0 bridgehead atoms. The van der Waals surface area contributed by atoms with Gasteiger partial charge in [0.1, 0.15) is 0 Å². The molecule has 0 aliphatic carbocycles. The standard InChI is InChI=1S/C8H16N2O3/c1-5(2-11)10-8(12)6-3-13-4-7(6)9/h5-7,11H,2-4,9H2,1H3,(H,10,12). The van der Waals surface area contributed by atoms with E-state index in [1.165, 1.54) is 0 Å². The molecule has 3 atom stereocenters. The van der Waals surface area contributed by atoms with Crippen LogP contribution in [-0.2, 0) is 9.53 Å². The number of carbonyl (C=O) groups is 1. The van der Waals surface area contributed by atoms with Gasteiger partial charge in [-0.1, -0.05) is 0 Å². The number of nitrogens with one attached hydrogen (secondary N) is 1. The van der Waals surface area contributed by atoms with Crippen LogP contribution in [0.2, 0.25) is 0 Å². The van der Waals surface area contributed by atoms with Crippen LogP contribution >= 0.6 is 0 Å². The van der Waals surface area contributed by atoms with Crippen LogP contribution in [0.3, 0.4) is 0 Å². The Hall–Kier alpha value is -0.650. The molecule has 0 aromatic carbocycles. The smallest absolute Gasteiger partial charge is 0.227 e. The Labute approximate surface area is 77.2 Å². The molecule has 4 N–H and O–H groups in total. The van der Waals surface area contributed by atoms with Gasteiger partial charge in [-0.15, -0.1) is 0 Å². The van der Waals surface area contributed by atoms with Crippen molar-refractivity contribution in [3.63, 3.8) is 0 Å². The van der Waals surface area contributed by atoms with Crippen molar-refractivity contribution < 1.29 is 14.6 Å². The van der Waals surface area contributed by atoms with Crippen LogP contribution in [0.15, 0.2) is 0 Å². The number of carbonyl (C=O) groups excluding carboxylic acids is 1. The second-order valence-corrected chi connectivity index (χ2v) is 3.40. The first-order valence-electron chi connectivity index (χ1n) is 4.39. The Morgan fingerprint density at radius 2 is 2.46 bits per heavy atom. The van der Waals surface area contributed by atoms with E-state index in [1.807, 2.05) is 0 Å². The molecule has 1 amide bonds. The minimum absolute atomic E-state index is 0.0610. The van der Waals surface area contributed by atoms with Crippen LogP contribution in [0.4, 0.5) is 0 Å². The van der Waals surface area contributed by atoms with Crippen molar-refractivity contribution in [3.05, 3.63) is 0 Å². The third-order valence-electron chi connectivity index (χ3n) is 2.12. The zero-order valence-corrected chi connectivity index (χ0v) is 7.69. The second-order valence-electron chi connectivity index (χ2n) is 3.40. The number of rotatable bonds is 3. The molecule has 0 radical (unpaired) electrons. The molecule has 0 spiro atoms. The maximum Gasteiger partial charge on any atom is 0.227 e. The Balaban J connectivity index is 2.38. The SMILES string of the molecule is CC(CO)NC(=O)C1COCC1N. The molecule has 5 heteroatoms. The highest BCUT2D eigenvalue weighted by Gasteiger charge is 2.31. The molecule has 1 aliphatic rings. The van der Waals surface area contributed by atoms with Crippen molar-refractivity contribution in [1.29, 1.82) is 0 Å². The lowest BCUT2D eigenvalue weighted by atomic mass is 10.0. The predicted octanol–water partition coefficient (Wildman–Crippen LogP) is -1.54. The van der Waals surface area contributed by atoms with Crippen LogP contribution in [-0.4, -0.2) is 42.9 Å². The lowest BCUT2D eigenvalue weighted by Gasteiger charge is -2.16. The molecule has 76 valence electrons. The largest absolute Gasteiger partial charge is 0.394 e.